The van der Waals surface area contributed by atoms with E-state index in [4.69, 9.17) is 10.5 Å². The van der Waals surface area contributed by atoms with Crippen molar-refractivity contribution in [3.63, 3.8) is 0 Å². The molecule has 1 aromatic heterocycles. The zero-order chi connectivity index (χ0) is 14.7. The van der Waals surface area contributed by atoms with Crippen LogP contribution in [0.2, 0.25) is 0 Å². The number of imidazole rings is 1. The molecule has 2 aliphatic rings. The molecule has 0 saturated carbocycles. The first-order valence-corrected chi connectivity index (χ1v) is 7.61. The van der Waals surface area contributed by atoms with E-state index in [2.05, 4.69) is 14.9 Å². The lowest BCUT2D eigenvalue weighted by Gasteiger charge is -2.35. The number of aromatic nitrogens is 2. The minimum atomic E-state index is -0.282. The van der Waals surface area contributed by atoms with Crippen molar-refractivity contribution in [3.8, 4) is 0 Å². The summed E-state index contributed by atoms with van der Waals surface area (Å²) in [6, 6.07) is 0. The maximum atomic E-state index is 12.4. The number of amides is 1. The van der Waals surface area contributed by atoms with Crippen LogP contribution in [0.1, 0.15) is 18.7 Å². The molecule has 0 bridgehead atoms. The summed E-state index contributed by atoms with van der Waals surface area (Å²) in [7, 11) is 0. The standard InChI is InChI=1S/C14H23N5O2.3ClH/c15-9-11-1-2-12(21-11)14(20)19-7-5-18(6-8-19)10-13-16-3-4-17-13;;;/h3-4,11-12H,1-2,5-10,15H2,(H,16,17);3*1H/t11-,12+;;;/m1.../s1. The molecule has 2 aliphatic heterocycles. The minimum absolute atomic E-state index is 0. The SMILES string of the molecule is Cl.Cl.Cl.NC[C@H]1CC[C@@H](C(=O)N2CCN(Cc3ncc[nH]3)CC2)O1. The highest BCUT2D eigenvalue weighted by molar-refractivity contribution is 5.86. The zero-order valence-electron chi connectivity index (χ0n) is 13.4. The molecule has 2 fully saturated rings. The van der Waals surface area contributed by atoms with Gasteiger partial charge in [0, 0.05) is 45.1 Å². The first-order valence-electron chi connectivity index (χ1n) is 7.61. The van der Waals surface area contributed by atoms with E-state index in [9.17, 15) is 4.79 Å². The van der Waals surface area contributed by atoms with Crippen LogP contribution in [0.4, 0.5) is 0 Å². The van der Waals surface area contributed by atoms with Crippen molar-refractivity contribution in [2.24, 2.45) is 5.73 Å². The highest BCUT2D eigenvalue weighted by Crippen LogP contribution is 2.21. The molecular formula is C14H26Cl3N5O2. The molecule has 0 aliphatic carbocycles. The Morgan fingerprint density at radius 2 is 1.96 bits per heavy atom. The monoisotopic (exact) mass is 401 g/mol. The van der Waals surface area contributed by atoms with E-state index in [1.165, 1.54) is 0 Å². The number of H-pyrrole nitrogens is 1. The number of nitrogens with two attached hydrogens (primary N) is 1. The summed E-state index contributed by atoms with van der Waals surface area (Å²) in [5, 5.41) is 0. The van der Waals surface area contributed by atoms with Crippen molar-refractivity contribution in [3.05, 3.63) is 18.2 Å². The lowest BCUT2D eigenvalue weighted by atomic mass is 10.1. The Labute approximate surface area is 160 Å². The molecule has 7 nitrogen and oxygen atoms in total. The average Bonchev–Trinajstić information content (AvgIpc) is 3.18. The van der Waals surface area contributed by atoms with Crippen molar-refractivity contribution in [2.45, 2.75) is 31.6 Å². The first-order chi connectivity index (χ1) is 10.3. The second-order valence-electron chi connectivity index (χ2n) is 5.70. The minimum Gasteiger partial charge on any atom is -0.364 e. The van der Waals surface area contributed by atoms with Gasteiger partial charge in [-0.15, -0.1) is 37.2 Å². The zero-order valence-corrected chi connectivity index (χ0v) is 15.9. The maximum absolute atomic E-state index is 12.4. The van der Waals surface area contributed by atoms with Crippen molar-refractivity contribution in [1.82, 2.24) is 19.8 Å². The fraction of sp³-hybridized carbons (Fsp3) is 0.714. The molecule has 2 atom stereocenters. The van der Waals surface area contributed by atoms with Crippen LogP contribution in [0, 0.1) is 0 Å². The van der Waals surface area contributed by atoms with Crippen LogP contribution in [-0.4, -0.2) is 70.6 Å². The number of carbonyl (C=O) groups is 1. The quantitative estimate of drug-likeness (QED) is 0.779. The summed E-state index contributed by atoms with van der Waals surface area (Å²) < 4.78 is 5.69. The Kier molecular flexibility index (Phi) is 10.9. The molecule has 140 valence electrons. The summed E-state index contributed by atoms with van der Waals surface area (Å²) in [6.45, 7) is 4.57. The fourth-order valence-corrected chi connectivity index (χ4v) is 2.99. The van der Waals surface area contributed by atoms with Crippen LogP contribution in [0.3, 0.4) is 0 Å². The van der Waals surface area contributed by atoms with Crippen molar-refractivity contribution >= 4 is 43.1 Å². The van der Waals surface area contributed by atoms with Gasteiger partial charge in [0.2, 0.25) is 0 Å². The van der Waals surface area contributed by atoms with E-state index >= 15 is 0 Å². The van der Waals surface area contributed by atoms with Gasteiger partial charge in [0.15, 0.2) is 0 Å². The number of halogens is 3. The highest BCUT2D eigenvalue weighted by atomic mass is 35.5. The van der Waals surface area contributed by atoms with Gasteiger partial charge >= 0.3 is 0 Å². The second-order valence-corrected chi connectivity index (χ2v) is 5.70. The molecule has 24 heavy (non-hydrogen) atoms. The number of aromatic amines is 1. The Balaban J connectivity index is 0.00000176. The molecule has 3 heterocycles. The van der Waals surface area contributed by atoms with E-state index < -0.39 is 0 Å². The number of ether oxygens (including phenoxy) is 1. The van der Waals surface area contributed by atoms with Gasteiger partial charge in [-0.25, -0.2) is 4.98 Å². The van der Waals surface area contributed by atoms with E-state index in [-0.39, 0.29) is 55.3 Å². The van der Waals surface area contributed by atoms with Gasteiger partial charge in [0.1, 0.15) is 11.9 Å². The van der Waals surface area contributed by atoms with E-state index in [1.54, 1.807) is 6.20 Å². The van der Waals surface area contributed by atoms with Crippen LogP contribution in [0.5, 0.6) is 0 Å². The van der Waals surface area contributed by atoms with Gasteiger partial charge in [-0.2, -0.15) is 0 Å². The van der Waals surface area contributed by atoms with Crippen LogP contribution >= 0.6 is 37.2 Å². The summed E-state index contributed by atoms with van der Waals surface area (Å²) in [5.74, 6) is 1.10. The number of hydrogen-bond donors (Lipinski definition) is 2. The molecule has 1 aromatic rings. The van der Waals surface area contributed by atoms with Gasteiger partial charge in [0.05, 0.1) is 12.6 Å². The lowest BCUT2D eigenvalue weighted by Crippen LogP contribution is -2.51. The number of carbonyl (C=O) groups excluding carboxylic acids is 1. The van der Waals surface area contributed by atoms with Crippen LogP contribution < -0.4 is 5.73 Å². The summed E-state index contributed by atoms with van der Waals surface area (Å²) in [6.07, 6.45) is 5.06. The molecule has 10 heteroatoms. The summed E-state index contributed by atoms with van der Waals surface area (Å²) in [4.78, 5) is 24.0. The molecule has 2 saturated heterocycles. The van der Waals surface area contributed by atoms with Gasteiger partial charge in [-0.3, -0.25) is 9.69 Å². The molecular weight excluding hydrogens is 377 g/mol. The van der Waals surface area contributed by atoms with Crippen LogP contribution in [0.25, 0.3) is 0 Å². The molecule has 0 radical (unpaired) electrons. The van der Waals surface area contributed by atoms with Gasteiger partial charge in [-0.1, -0.05) is 0 Å². The topological polar surface area (TPSA) is 87.5 Å². The Morgan fingerprint density at radius 3 is 2.50 bits per heavy atom. The Bertz CT molecular complexity index is 469. The fourth-order valence-electron chi connectivity index (χ4n) is 2.99. The normalized spacial score (nSPS) is 23.8. The molecule has 0 spiro atoms. The maximum Gasteiger partial charge on any atom is 0.251 e. The molecule has 1 amide bonds. The summed E-state index contributed by atoms with van der Waals surface area (Å²) in [5.41, 5.74) is 5.59. The predicted octanol–water partition coefficient (Wildman–Crippen LogP) is 0.826. The van der Waals surface area contributed by atoms with Crippen molar-refractivity contribution in [2.75, 3.05) is 32.7 Å². The van der Waals surface area contributed by atoms with Crippen LogP contribution in [0.15, 0.2) is 12.4 Å². The third-order valence-corrected chi connectivity index (χ3v) is 4.26. The third-order valence-electron chi connectivity index (χ3n) is 4.26. The Morgan fingerprint density at radius 1 is 1.25 bits per heavy atom. The highest BCUT2D eigenvalue weighted by Gasteiger charge is 2.34. The molecule has 0 unspecified atom stereocenters. The second kappa shape index (κ2) is 11.1. The predicted molar refractivity (Wildman–Crippen MR) is 99.1 cm³/mol. The van der Waals surface area contributed by atoms with E-state index in [0.717, 1.165) is 51.4 Å². The summed E-state index contributed by atoms with van der Waals surface area (Å²) >= 11 is 0. The number of nitrogens with one attached hydrogen (secondary N) is 1. The Hall–Kier alpha value is -0.570. The largest absolute Gasteiger partial charge is 0.364 e. The first kappa shape index (κ1) is 23.4. The van der Waals surface area contributed by atoms with Crippen LogP contribution in [-0.2, 0) is 16.1 Å². The number of piperazine rings is 1. The van der Waals surface area contributed by atoms with Crippen molar-refractivity contribution in [1.29, 1.82) is 0 Å². The van der Waals surface area contributed by atoms with Gasteiger partial charge in [0.25, 0.3) is 5.91 Å². The van der Waals surface area contributed by atoms with E-state index in [0.29, 0.717) is 6.54 Å². The smallest absolute Gasteiger partial charge is 0.251 e. The van der Waals surface area contributed by atoms with Gasteiger partial charge in [-0.05, 0) is 12.8 Å². The third kappa shape index (κ3) is 5.75. The number of hydrogen-bond acceptors (Lipinski definition) is 5. The average molecular weight is 403 g/mol. The molecule has 3 N–H and O–H groups in total. The number of nitrogens with zero attached hydrogens (tertiary/aromatic N) is 3. The van der Waals surface area contributed by atoms with Crippen molar-refractivity contribution < 1.29 is 9.53 Å². The molecule has 0 aromatic carbocycles. The van der Waals surface area contributed by atoms with E-state index in [1.807, 2.05) is 11.1 Å². The van der Waals surface area contributed by atoms with Gasteiger partial charge < -0.3 is 20.4 Å². The lowest BCUT2D eigenvalue weighted by molar-refractivity contribution is -0.144. The molecule has 3 rings (SSSR count). The number of rotatable bonds is 4.